The van der Waals surface area contributed by atoms with Crippen LogP contribution in [0, 0.1) is 10.1 Å². The van der Waals surface area contributed by atoms with Crippen LogP contribution in [0.1, 0.15) is 5.56 Å². The zero-order chi connectivity index (χ0) is 19.6. The topological polar surface area (TPSA) is 64.9 Å². The Kier molecular flexibility index (Phi) is 5.25. The third-order valence-corrected chi connectivity index (χ3v) is 5.60. The zero-order valence-electron chi connectivity index (χ0n) is 15.5. The van der Waals surface area contributed by atoms with Gasteiger partial charge in [-0.15, -0.1) is 0 Å². The van der Waals surface area contributed by atoms with Gasteiger partial charge in [-0.05, 0) is 29.9 Å². The summed E-state index contributed by atoms with van der Waals surface area (Å²) in [5, 5.41) is 15.8. The van der Waals surface area contributed by atoms with Crippen LogP contribution in [0.25, 0.3) is 0 Å². The van der Waals surface area contributed by atoms with Gasteiger partial charge in [0.25, 0.3) is 5.54 Å². The summed E-state index contributed by atoms with van der Waals surface area (Å²) in [5.74, 6) is 0. The maximum Gasteiger partial charge on any atom is 0.264 e. The fraction of sp³-hybridized carbons (Fsp3) is 0.350. The van der Waals surface area contributed by atoms with Crippen LogP contribution in [0.15, 0.2) is 60.7 Å². The Morgan fingerprint density at radius 2 is 1.71 bits per heavy atom. The summed E-state index contributed by atoms with van der Waals surface area (Å²) >= 11 is 5.56. The van der Waals surface area contributed by atoms with Crippen molar-refractivity contribution in [2.45, 2.75) is 12.1 Å². The summed E-state index contributed by atoms with van der Waals surface area (Å²) in [6.45, 7) is 3.15. The predicted molar refractivity (Wildman–Crippen MR) is 112 cm³/mol. The smallest absolute Gasteiger partial charge is 0.264 e. The maximum absolute atomic E-state index is 12.1. The van der Waals surface area contributed by atoms with Crippen molar-refractivity contribution in [2.75, 3.05) is 38.3 Å². The Hall–Kier alpha value is -2.55. The molecule has 0 spiro atoms. The van der Waals surface area contributed by atoms with Crippen LogP contribution in [-0.4, -0.2) is 63.2 Å². The van der Waals surface area contributed by atoms with Crippen LogP contribution in [0.4, 0.5) is 5.69 Å². The van der Waals surface area contributed by atoms with E-state index in [1.54, 1.807) is 0 Å². The van der Waals surface area contributed by atoms with Crippen LogP contribution >= 0.6 is 12.2 Å². The van der Waals surface area contributed by atoms with Gasteiger partial charge in [0, 0.05) is 17.2 Å². The number of para-hydroxylation sites is 1. The van der Waals surface area contributed by atoms with E-state index in [1.807, 2.05) is 53.4 Å². The van der Waals surface area contributed by atoms with Crippen LogP contribution < -0.4 is 5.32 Å². The van der Waals surface area contributed by atoms with E-state index < -0.39 is 5.54 Å². The minimum atomic E-state index is -1.05. The molecule has 8 heteroatoms. The van der Waals surface area contributed by atoms with Gasteiger partial charge in [-0.2, -0.15) is 0 Å². The molecule has 0 aliphatic carbocycles. The second-order valence-electron chi connectivity index (χ2n) is 7.56. The minimum Gasteiger partial charge on any atom is -0.333 e. The SMILES string of the molecule is O=[N+]([O-])[C@@]12CN(Cc3ccccc3)CN(CN(C(=S)Nc3ccccc3)C1)C2. The number of benzene rings is 2. The lowest BCUT2D eigenvalue weighted by molar-refractivity contribution is -0.579. The molecule has 7 nitrogen and oxygen atoms in total. The standard InChI is InChI=1S/C20H23N5O2S/c26-25(27)20-12-22(11-17-7-3-1-4-8-17)15-23(13-20)16-24(14-20)19(28)21-18-9-5-2-6-10-18/h1-10H,11-16H2,(H,21,28)/t20-/m1/s1. The molecule has 2 aromatic carbocycles. The molecular weight excluding hydrogens is 374 g/mol. The van der Waals surface area contributed by atoms with Crippen LogP contribution in [0.5, 0.6) is 0 Å². The molecule has 2 fully saturated rings. The molecule has 0 radical (unpaired) electrons. The molecule has 0 saturated carbocycles. The van der Waals surface area contributed by atoms with E-state index in [4.69, 9.17) is 12.2 Å². The summed E-state index contributed by atoms with van der Waals surface area (Å²) in [5.41, 5.74) is 1.01. The molecule has 2 saturated heterocycles. The molecule has 146 valence electrons. The van der Waals surface area contributed by atoms with Gasteiger partial charge in [0.05, 0.1) is 33.0 Å². The molecule has 0 amide bonds. The molecule has 4 rings (SSSR count). The average Bonchev–Trinajstić information content (AvgIpc) is 2.68. The minimum absolute atomic E-state index is 0.117. The molecule has 2 aliphatic heterocycles. The Labute approximate surface area is 169 Å². The van der Waals surface area contributed by atoms with Gasteiger partial charge in [-0.3, -0.25) is 19.9 Å². The quantitative estimate of drug-likeness (QED) is 0.483. The van der Waals surface area contributed by atoms with Gasteiger partial charge >= 0.3 is 0 Å². The lowest BCUT2D eigenvalue weighted by Crippen LogP contribution is -2.72. The van der Waals surface area contributed by atoms with E-state index >= 15 is 0 Å². The van der Waals surface area contributed by atoms with Crippen LogP contribution in [-0.2, 0) is 6.54 Å². The van der Waals surface area contributed by atoms with E-state index in [2.05, 4.69) is 27.2 Å². The monoisotopic (exact) mass is 397 g/mol. The van der Waals surface area contributed by atoms with Crippen LogP contribution in [0.2, 0.25) is 0 Å². The van der Waals surface area contributed by atoms with Gasteiger partial charge in [0.1, 0.15) is 0 Å². The first-order valence-electron chi connectivity index (χ1n) is 9.28. The zero-order valence-corrected chi connectivity index (χ0v) is 16.3. The molecule has 2 heterocycles. The fourth-order valence-corrected chi connectivity index (χ4v) is 4.33. The van der Waals surface area contributed by atoms with E-state index in [-0.39, 0.29) is 4.92 Å². The first kappa shape index (κ1) is 18.8. The van der Waals surface area contributed by atoms with Gasteiger partial charge in [-0.25, -0.2) is 0 Å². The second kappa shape index (κ2) is 7.83. The Morgan fingerprint density at radius 1 is 1.04 bits per heavy atom. The molecule has 2 aliphatic rings. The molecular formula is C20H23N5O2S. The van der Waals surface area contributed by atoms with Crippen molar-refractivity contribution in [1.29, 1.82) is 0 Å². The van der Waals surface area contributed by atoms with Gasteiger partial charge in [-0.1, -0.05) is 48.5 Å². The van der Waals surface area contributed by atoms with Crippen molar-refractivity contribution in [3.8, 4) is 0 Å². The second-order valence-corrected chi connectivity index (χ2v) is 7.95. The Balaban J connectivity index is 1.48. The number of thiocarbonyl (C=S) groups is 1. The molecule has 2 aromatic rings. The summed E-state index contributed by atoms with van der Waals surface area (Å²) < 4.78 is 0. The highest BCUT2D eigenvalue weighted by Gasteiger charge is 2.54. The summed E-state index contributed by atoms with van der Waals surface area (Å²) in [6.07, 6.45) is 0. The lowest BCUT2D eigenvalue weighted by Gasteiger charge is -2.50. The number of hydrogen-bond acceptors (Lipinski definition) is 5. The van der Waals surface area contributed by atoms with Gasteiger partial charge < -0.3 is 10.2 Å². The number of fused-ring (bicyclic) bond motifs is 2. The number of rotatable bonds is 4. The van der Waals surface area contributed by atoms with Crippen molar-refractivity contribution in [2.24, 2.45) is 0 Å². The highest BCUT2D eigenvalue weighted by Crippen LogP contribution is 2.28. The first-order chi connectivity index (χ1) is 13.5. The summed E-state index contributed by atoms with van der Waals surface area (Å²) in [6, 6.07) is 19.8. The first-order valence-corrected chi connectivity index (χ1v) is 9.69. The van der Waals surface area contributed by atoms with Crippen molar-refractivity contribution in [1.82, 2.24) is 14.7 Å². The highest BCUT2D eigenvalue weighted by atomic mass is 32.1. The number of anilines is 1. The third-order valence-electron chi connectivity index (χ3n) is 5.24. The summed E-state index contributed by atoms with van der Waals surface area (Å²) in [7, 11) is 0. The highest BCUT2D eigenvalue weighted by molar-refractivity contribution is 7.80. The average molecular weight is 398 g/mol. The van der Waals surface area contributed by atoms with Crippen molar-refractivity contribution in [3.63, 3.8) is 0 Å². The molecule has 2 bridgehead atoms. The van der Waals surface area contributed by atoms with Crippen molar-refractivity contribution in [3.05, 3.63) is 76.3 Å². The van der Waals surface area contributed by atoms with E-state index in [1.165, 1.54) is 5.56 Å². The van der Waals surface area contributed by atoms with E-state index in [0.29, 0.717) is 44.6 Å². The van der Waals surface area contributed by atoms with Crippen LogP contribution in [0.3, 0.4) is 0 Å². The van der Waals surface area contributed by atoms with Crippen molar-refractivity contribution >= 4 is 23.0 Å². The van der Waals surface area contributed by atoms with Gasteiger partial charge in [0.15, 0.2) is 5.11 Å². The normalized spacial score (nSPS) is 24.6. The predicted octanol–water partition coefficient (Wildman–Crippen LogP) is 2.45. The number of nitrogens with zero attached hydrogens (tertiary/aromatic N) is 4. The Bertz CT molecular complexity index is 850. The number of nitro groups is 1. The number of nitrogens with one attached hydrogen (secondary N) is 1. The maximum atomic E-state index is 12.1. The number of hydrogen-bond donors (Lipinski definition) is 1. The van der Waals surface area contributed by atoms with Crippen molar-refractivity contribution < 1.29 is 4.92 Å². The molecule has 0 aromatic heterocycles. The summed E-state index contributed by atoms with van der Waals surface area (Å²) in [4.78, 5) is 18.1. The Morgan fingerprint density at radius 3 is 2.39 bits per heavy atom. The molecule has 1 unspecified atom stereocenters. The van der Waals surface area contributed by atoms with Gasteiger partial charge in [0.2, 0.25) is 0 Å². The molecule has 2 atom stereocenters. The molecule has 1 N–H and O–H groups in total. The third kappa shape index (κ3) is 3.99. The molecule has 28 heavy (non-hydrogen) atoms. The van der Waals surface area contributed by atoms with E-state index in [0.717, 1.165) is 5.69 Å². The largest absolute Gasteiger partial charge is 0.333 e. The van der Waals surface area contributed by atoms with E-state index in [9.17, 15) is 10.1 Å². The lowest BCUT2D eigenvalue weighted by atomic mass is 9.93. The fourth-order valence-electron chi connectivity index (χ4n) is 4.09.